The number of fused-ring (bicyclic) bond motifs is 1. The molecule has 0 aliphatic carbocycles. The van der Waals surface area contributed by atoms with Gasteiger partial charge in [-0.2, -0.15) is 0 Å². The van der Waals surface area contributed by atoms with E-state index in [0.29, 0.717) is 0 Å². The Morgan fingerprint density at radius 1 is 1.14 bits per heavy atom. The number of aryl methyl sites for hydroxylation is 1. The van der Waals surface area contributed by atoms with Crippen LogP contribution < -0.4 is 15.4 Å². The van der Waals surface area contributed by atoms with Gasteiger partial charge in [0.2, 0.25) is 0 Å². The zero-order valence-electron chi connectivity index (χ0n) is 13.6. The van der Waals surface area contributed by atoms with Crippen molar-refractivity contribution in [3.05, 3.63) is 45.8 Å². The van der Waals surface area contributed by atoms with Gasteiger partial charge in [0.1, 0.15) is 25.2 Å². The van der Waals surface area contributed by atoms with E-state index >= 15 is 0 Å². The fraction of sp³-hybridized carbons (Fsp3) is 0.500. The van der Waals surface area contributed by atoms with Crippen LogP contribution in [0.4, 0.5) is 0 Å². The van der Waals surface area contributed by atoms with Gasteiger partial charge in [0.25, 0.3) is 0 Å². The molecule has 2 N–H and O–H groups in total. The highest BCUT2D eigenvalue weighted by molar-refractivity contribution is 5.80. The third-order valence-corrected chi connectivity index (χ3v) is 4.78. The summed E-state index contributed by atoms with van der Waals surface area (Å²) in [6.07, 6.45) is 2.21. The minimum Gasteiger partial charge on any atom is -0.423 e. The maximum Gasteiger partial charge on any atom is 0.336 e. The number of benzene rings is 1. The topological polar surface area (TPSA) is 39.1 Å². The largest absolute Gasteiger partial charge is 0.423 e. The highest BCUT2D eigenvalue weighted by atomic mass is 16.4. The van der Waals surface area contributed by atoms with Gasteiger partial charge in [0.05, 0.1) is 20.1 Å². The molecule has 1 aromatic heterocycles. The first-order chi connectivity index (χ1) is 10.7. The Morgan fingerprint density at radius 2 is 2.00 bits per heavy atom. The number of hydrogen-bond donors (Lipinski definition) is 2. The minimum atomic E-state index is -0.229. The lowest BCUT2D eigenvalue weighted by Crippen LogP contribution is -3.15. The van der Waals surface area contributed by atoms with E-state index in [4.69, 9.17) is 4.42 Å². The molecule has 1 aromatic carbocycles. The maximum atomic E-state index is 11.9. The van der Waals surface area contributed by atoms with Crippen molar-refractivity contribution < 1.29 is 14.2 Å². The molecule has 1 saturated heterocycles. The van der Waals surface area contributed by atoms with Crippen molar-refractivity contribution in [2.24, 2.45) is 0 Å². The quantitative estimate of drug-likeness (QED) is 0.762. The third-order valence-electron chi connectivity index (χ3n) is 4.78. The highest BCUT2D eigenvalue weighted by Crippen LogP contribution is 2.18. The molecule has 1 aliphatic rings. The fourth-order valence-corrected chi connectivity index (χ4v) is 3.37. The SMILES string of the molecule is CCc1ccc2c(C[NH+]3CCC[NH+](C)CC3)cc(=O)oc2c1. The van der Waals surface area contributed by atoms with Gasteiger partial charge in [0.15, 0.2) is 0 Å². The summed E-state index contributed by atoms with van der Waals surface area (Å²) >= 11 is 0. The highest BCUT2D eigenvalue weighted by Gasteiger charge is 2.19. The van der Waals surface area contributed by atoms with Gasteiger partial charge in [-0.1, -0.05) is 19.1 Å². The van der Waals surface area contributed by atoms with Crippen LogP contribution in [0, 0.1) is 0 Å². The van der Waals surface area contributed by atoms with Gasteiger partial charge < -0.3 is 14.2 Å². The van der Waals surface area contributed by atoms with Crippen molar-refractivity contribution in [1.29, 1.82) is 0 Å². The molecule has 0 spiro atoms. The van der Waals surface area contributed by atoms with E-state index in [1.807, 2.05) is 6.07 Å². The van der Waals surface area contributed by atoms with Crippen LogP contribution >= 0.6 is 0 Å². The van der Waals surface area contributed by atoms with E-state index in [2.05, 4.69) is 26.1 Å². The second-order valence-corrected chi connectivity index (χ2v) is 6.51. The summed E-state index contributed by atoms with van der Waals surface area (Å²) in [4.78, 5) is 15.1. The van der Waals surface area contributed by atoms with Crippen LogP contribution in [0.5, 0.6) is 0 Å². The van der Waals surface area contributed by atoms with Crippen LogP contribution in [-0.2, 0) is 13.0 Å². The van der Waals surface area contributed by atoms with Crippen molar-refractivity contribution in [2.75, 3.05) is 33.2 Å². The smallest absolute Gasteiger partial charge is 0.336 e. The average Bonchev–Trinajstić information content (AvgIpc) is 2.71. The standard InChI is InChI=1S/C18H24N2O2/c1-3-14-5-6-16-15(12-18(21)22-17(16)11-14)13-20-8-4-7-19(2)9-10-20/h5-6,11-12H,3-4,7-10,13H2,1-2H3/p+2. The van der Waals surface area contributed by atoms with E-state index in [-0.39, 0.29) is 5.63 Å². The second kappa shape index (κ2) is 6.63. The zero-order valence-corrected chi connectivity index (χ0v) is 13.6. The van der Waals surface area contributed by atoms with Gasteiger partial charge in [-0.15, -0.1) is 0 Å². The van der Waals surface area contributed by atoms with E-state index in [1.54, 1.807) is 15.9 Å². The minimum absolute atomic E-state index is 0.229. The molecule has 22 heavy (non-hydrogen) atoms. The van der Waals surface area contributed by atoms with Crippen LogP contribution in [-0.4, -0.2) is 33.2 Å². The summed E-state index contributed by atoms with van der Waals surface area (Å²) in [5, 5.41) is 1.09. The molecule has 0 amide bonds. The molecule has 2 heterocycles. The molecule has 4 heteroatoms. The summed E-state index contributed by atoms with van der Waals surface area (Å²) in [6.45, 7) is 7.84. The second-order valence-electron chi connectivity index (χ2n) is 6.51. The van der Waals surface area contributed by atoms with Crippen molar-refractivity contribution >= 4 is 11.0 Å². The predicted molar refractivity (Wildman–Crippen MR) is 87.5 cm³/mol. The molecule has 2 atom stereocenters. The van der Waals surface area contributed by atoms with Crippen molar-refractivity contribution in [3.63, 3.8) is 0 Å². The Balaban J connectivity index is 1.91. The monoisotopic (exact) mass is 302 g/mol. The first-order valence-electron chi connectivity index (χ1n) is 8.36. The molecule has 1 fully saturated rings. The first-order valence-corrected chi connectivity index (χ1v) is 8.36. The van der Waals surface area contributed by atoms with Crippen molar-refractivity contribution in [3.8, 4) is 0 Å². The Morgan fingerprint density at radius 3 is 2.82 bits per heavy atom. The van der Waals surface area contributed by atoms with Crippen molar-refractivity contribution in [2.45, 2.75) is 26.3 Å². The van der Waals surface area contributed by atoms with Gasteiger partial charge in [-0.3, -0.25) is 0 Å². The first kappa shape index (κ1) is 15.3. The molecular weight excluding hydrogens is 276 g/mol. The molecule has 0 bridgehead atoms. The molecule has 2 aromatic rings. The molecule has 118 valence electrons. The molecule has 0 radical (unpaired) electrons. The summed E-state index contributed by atoms with van der Waals surface area (Å²) in [5.74, 6) is 0. The predicted octanol–water partition coefficient (Wildman–Crippen LogP) is -0.341. The molecule has 1 aliphatic heterocycles. The molecule has 3 rings (SSSR count). The number of likely N-dealkylation sites (N-methyl/N-ethyl adjacent to an activating group) is 1. The summed E-state index contributed by atoms with van der Waals surface area (Å²) < 4.78 is 5.41. The Labute approximate surface area is 131 Å². The van der Waals surface area contributed by atoms with Crippen LogP contribution in [0.1, 0.15) is 24.5 Å². The summed E-state index contributed by atoms with van der Waals surface area (Å²) in [6, 6.07) is 7.95. The van der Waals surface area contributed by atoms with E-state index in [0.717, 1.165) is 29.5 Å². The number of hydrogen-bond acceptors (Lipinski definition) is 2. The molecule has 2 unspecified atom stereocenters. The lowest BCUT2D eigenvalue weighted by molar-refractivity contribution is -0.938. The van der Waals surface area contributed by atoms with Crippen LogP contribution in [0.3, 0.4) is 0 Å². The molecular formula is C18H26N2O2+2. The number of quaternary nitrogens is 2. The van der Waals surface area contributed by atoms with Gasteiger partial charge >= 0.3 is 5.63 Å². The summed E-state index contributed by atoms with van der Waals surface area (Å²) in [5.41, 5.74) is 2.84. The normalized spacial score (nSPS) is 22.6. The van der Waals surface area contributed by atoms with Crippen LogP contribution in [0.25, 0.3) is 11.0 Å². The average molecular weight is 302 g/mol. The molecule has 0 saturated carbocycles. The lowest BCUT2D eigenvalue weighted by Gasteiger charge is -2.17. The van der Waals surface area contributed by atoms with Gasteiger partial charge in [-0.25, -0.2) is 4.79 Å². The van der Waals surface area contributed by atoms with E-state index < -0.39 is 0 Å². The third kappa shape index (κ3) is 3.39. The van der Waals surface area contributed by atoms with Gasteiger partial charge in [0, 0.05) is 23.4 Å². The number of nitrogens with one attached hydrogen (secondary N) is 2. The van der Waals surface area contributed by atoms with Crippen LogP contribution in [0.2, 0.25) is 0 Å². The van der Waals surface area contributed by atoms with Crippen molar-refractivity contribution in [1.82, 2.24) is 0 Å². The van der Waals surface area contributed by atoms with Crippen LogP contribution in [0.15, 0.2) is 33.5 Å². The Hall–Kier alpha value is -1.65. The lowest BCUT2D eigenvalue weighted by atomic mass is 10.1. The Bertz CT molecular complexity index is 708. The Kier molecular flexibility index (Phi) is 4.60. The van der Waals surface area contributed by atoms with E-state index in [9.17, 15) is 4.79 Å². The van der Waals surface area contributed by atoms with E-state index in [1.165, 1.54) is 38.2 Å². The summed E-state index contributed by atoms with van der Waals surface area (Å²) in [7, 11) is 2.27. The molecule has 4 nitrogen and oxygen atoms in total. The van der Waals surface area contributed by atoms with Gasteiger partial charge in [-0.05, 0) is 18.1 Å². The number of rotatable bonds is 3. The maximum absolute atomic E-state index is 11.9. The fourth-order valence-electron chi connectivity index (χ4n) is 3.37. The zero-order chi connectivity index (χ0) is 15.5.